The van der Waals surface area contributed by atoms with E-state index in [9.17, 15) is 9.18 Å². The third-order valence-corrected chi connectivity index (χ3v) is 4.61. The topological polar surface area (TPSA) is 44.8 Å². The van der Waals surface area contributed by atoms with Crippen molar-refractivity contribution in [2.75, 3.05) is 40.3 Å². The van der Waals surface area contributed by atoms with Crippen molar-refractivity contribution in [2.45, 2.75) is 12.6 Å². The van der Waals surface area contributed by atoms with Gasteiger partial charge in [0.2, 0.25) is 5.91 Å². The molecular formula is C21H26FN3O2. The Bertz CT molecular complexity index is 747. The van der Waals surface area contributed by atoms with Gasteiger partial charge in [0.05, 0.1) is 0 Å². The van der Waals surface area contributed by atoms with E-state index in [0.717, 1.165) is 30.0 Å². The molecule has 6 heteroatoms. The molecule has 1 aliphatic heterocycles. The van der Waals surface area contributed by atoms with Gasteiger partial charge in [0.25, 0.3) is 0 Å². The van der Waals surface area contributed by atoms with Gasteiger partial charge in [-0.15, -0.1) is 0 Å². The number of hydrogen-bond acceptors (Lipinski definition) is 4. The van der Waals surface area contributed by atoms with Crippen LogP contribution in [0, 0.1) is 5.82 Å². The minimum absolute atomic E-state index is 0.0449. The maximum absolute atomic E-state index is 13.2. The average molecular weight is 371 g/mol. The first-order chi connectivity index (χ1) is 13.0. The lowest BCUT2D eigenvalue weighted by atomic mass is 10.0. The minimum Gasteiger partial charge on any atom is -0.492 e. The number of nitrogens with zero attached hydrogens (tertiary/aromatic N) is 2. The molecule has 0 bridgehead atoms. The molecule has 0 spiro atoms. The molecule has 0 aromatic heterocycles. The Kier molecular flexibility index (Phi) is 6.42. The fraction of sp³-hybridized carbons (Fsp3) is 0.381. The van der Waals surface area contributed by atoms with Gasteiger partial charge >= 0.3 is 0 Å². The molecule has 1 aliphatic rings. The molecule has 1 N–H and O–H groups in total. The standard InChI is InChI=1S/C21H26FN3O2/c1-24(2)13-14-27-19-9-3-16(4-10-19)15-25-12-11-23-21(26)20(25)17-5-7-18(22)8-6-17/h3-10,20H,11-15H2,1-2H3,(H,23,26)/t20-/m1/s1. The lowest BCUT2D eigenvalue weighted by Crippen LogP contribution is -2.49. The van der Waals surface area contributed by atoms with Crippen molar-refractivity contribution in [2.24, 2.45) is 0 Å². The van der Waals surface area contributed by atoms with Gasteiger partial charge < -0.3 is 15.0 Å². The van der Waals surface area contributed by atoms with Gasteiger partial charge in [-0.25, -0.2) is 4.39 Å². The first kappa shape index (κ1) is 19.3. The SMILES string of the molecule is CN(C)CCOc1ccc(CN2CCNC(=O)[C@H]2c2ccc(F)cc2)cc1. The number of likely N-dealkylation sites (N-methyl/N-ethyl adjacent to an activating group) is 1. The van der Waals surface area contributed by atoms with Crippen LogP contribution < -0.4 is 10.1 Å². The third kappa shape index (κ3) is 5.28. The zero-order chi connectivity index (χ0) is 19.2. The number of nitrogens with one attached hydrogen (secondary N) is 1. The smallest absolute Gasteiger partial charge is 0.242 e. The molecule has 5 nitrogen and oxygen atoms in total. The summed E-state index contributed by atoms with van der Waals surface area (Å²) in [6.45, 7) is 3.51. The highest BCUT2D eigenvalue weighted by Crippen LogP contribution is 2.26. The van der Waals surface area contributed by atoms with E-state index in [0.29, 0.717) is 19.7 Å². The maximum Gasteiger partial charge on any atom is 0.242 e. The quantitative estimate of drug-likeness (QED) is 0.812. The van der Waals surface area contributed by atoms with Crippen LogP contribution >= 0.6 is 0 Å². The lowest BCUT2D eigenvalue weighted by molar-refractivity contribution is -0.129. The van der Waals surface area contributed by atoms with Crippen molar-refractivity contribution < 1.29 is 13.9 Å². The highest BCUT2D eigenvalue weighted by molar-refractivity contribution is 5.83. The summed E-state index contributed by atoms with van der Waals surface area (Å²) in [4.78, 5) is 16.6. The van der Waals surface area contributed by atoms with E-state index in [4.69, 9.17) is 4.74 Å². The van der Waals surface area contributed by atoms with E-state index < -0.39 is 6.04 Å². The summed E-state index contributed by atoms with van der Waals surface area (Å²) in [5.41, 5.74) is 1.91. The van der Waals surface area contributed by atoms with Crippen LogP contribution in [0.4, 0.5) is 4.39 Å². The summed E-state index contributed by atoms with van der Waals surface area (Å²) < 4.78 is 19.0. The Morgan fingerprint density at radius 3 is 2.52 bits per heavy atom. The van der Waals surface area contributed by atoms with Crippen molar-refractivity contribution in [1.82, 2.24) is 15.1 Å². The summed E-state index contributed by atoms with van der Waals surface area (Å²) in [5.74, 6) is 0.495. The maximum atomic E-state index is 13.2. The summed E-state index contributed by atoms with van der Waals surface area (Å²) in [7, 11) is 4.03. The van der Waals surface area contributed by atoms with Gasteiger partial charge in [-0.1, -0.05) is 24.3 Å². The summed E-state index contributed by atoms with van der Waals surface area (Å²) in [6.07, 6.45) is 0. The van der Waals surface area contributed by atoms with Gasteiger partial charge in [0.1, 0.15) is 24.2 Å². The normalized spacial score (nSPS) is 17.8. The highest BCUT2D eigenvalue weighted by atomic mass is 19.1. The van der Waals surface area contributed by atoms with Gasteiger partial charge in [-0.2, -0.15) is 0 Å². The van der Waals surface area contributed by atoms with Crippen molar-refractivity contribution in [3.8, 4) is 5.75 Å². The van der Waals surface area contributed by atoms with E-state index in [2.05, 4.69) is 15.1 Å². The molecule has 2 aromatic rings. The number of carbonyl (C=O) groups is 1. The molecule has 1 saturated heterocycles. The molecule has 0 saturated carbocycles. The van der Waals surface area contributed by atoms with E-state index in [1.54, 1.807) is 12.1 Å². The van der Waals surface area contributed by atoms with Gasteiger partial charge in [0, 0.05) is 26.2 Å². The van der Waals surface area contributed by atoms with Crippen LogP contribution in [0.1, 0.15) is 17.2 Å². The number of amides is 1. The predicted octanol–water partition coefficient (Wildman–Crippen LogP) is 2.44. The zero-order valence-electron chi connectivity index (χ0n) is 15.8. The zero-order valence-corrected chi connectivity index (χ0v) is 15.8. The number of ether oxygens (including phenoxy) is 1. The van der Waals surface area contributed by atoms with E-state index in [1.807, 2.05) is 38.4 Å². The van der Waals surface area contributed by atoms with Gasteiger partial charge in [0.15, 0.2) is 0 Å². The van der Waals surface area contributed by atoms with Crippen LogP contribution in [-0.4, -0.2) is 56.0 Å². The molecule has 0 unspecified atom stereocenters. The molecule has 1 heterocycles. The Labute approximate surface area is 159 Å². The molecule has 1 amide bonds. The van der Waals surface area contributed by atoms with Crippen LogP contribution in [0.2, 0.25) is 0 Å². The van der Waals surface area contributed by atoms with Crippen molar-refractivity contribution in [3.05, 3.63) is 65.5 Å². The molecule has 1 fully saturated rings. The molecule has 27 heavy (non-hydrogen) atoms. The van der Waals surface area contributed by atoms with Crippen LogP contribution in [0.3, 0.4) is 0 Å². The monoisotopic (exact) mass is 371 g/mol. The number of hydrogen-bond donors (Lipinski definition) is 1. The molecule has 2 aromatic carbocycles. The fourth-order valence-electron chi connectivity index (χ4n) is 3.16. The largest absolute Gasteiger partial charge is 0.492 e. The van der Waals surface area contributed by atoms with E-state index in [-0.39, 0.29) is 11.7 Å². The van der Waals surface area contributed by atoms with Gasteiger partial charge in [-0.05, 0) is 49.5 Å². The second kappa shape index (κ2) is 8.97. The summed E-state index contributed by atoms with van der Waals surface area (Å²) >= 11 is 0. The van der Waals surface area contributed by atoms with Crippen LogP contribution in [-0.2, 0) is 11.3 Å². The first-order valence-corrected chi connectivity index (χ1v) is 9.16. The second-order valence-corrected chi connectivity index (χ2v) is 7.01. The molecule has 0 radical (unpaired) electrons. The Morgan fingerprint density at radius 2 is 1.85 bits per heavy atom. The molecule has 3 rings (SSSR count). The van der Waals surface area contributed by atoms with Crippen molar-refractivity contribution in [1.29, 1.82) is 0 Å². The molecule has 0 aliphatic carbocycles. The van der Waals surface area contributed by atoms with Crippen LogP contribution in [0.5, 0.6) is 5.75 Å². The highest BCUT2D eigenvalue weighted by Gasteiger charge is 2.31. The average Bonchev–Trinajstić information content (AvgIpc) is 2.64. The Balaban J connectivity index is 1.67. The summed E-state index contributed by atoms with van der Waals surface area (Å²) in [5, 5.41) is 2.90. The van der Waals surface area contributed by atoms with Crippen LogP contribution in [0.15, 0.2) is 48.5 Å². The van der Waals surface area contributed by atoms with E-state index in [1.165, 1.54) is 12.1 Å². The molecular weight excluding hydrogens is 345 g/mol. The molecule has 1 atom stereocenters. The fourth-order valence-corrected chi connectivity index (χ4v) is 3.16. The van der Waals surface area contributed by atoms with Gasteiger partial charge in [-0.3, -0.25) is 9.69 Å². The number of halogens is 1. The molecule has 144 valence electrons. The van der Waals surface area contributed by atoms with Crippen molar-refractivity contribution >= 4 is 5.91 Å². The number of carbonyl (C=O) groups excluding carboxylic acids is 1. The second-order valence-electron chi connectivity index (χ2n) is 7.01. The number of piperazine rings is 1. The summed E-state index contributed by atoms with van der Waals surface area (Å²) in [6, 6.07) is 13.7. The number of rotatable bonds is 7. The minimum atomic E-state index is -0.407. The Morgan fingerprint density at radius 1 is 1.15 bits per heavy atom. The first-order valence-electron chi connectivity index (χ1n) is 9.16. The predicted molar refractivity (Wildman–Crippen MR) is 103 cm³/mol. The third-order valence-electron chi connectivity index (χ3n) is 4.61. The van der Waals surface area contributed by atoms with Crippen LogP contribution in [0.25, 0.3) is 0 Å². The Hall–Kier alpha value is -2.44. The number of benzene rings is 2. The lowest BCUT2D eigenvalue weighted by Gasteiger charge is -2.35. The van der Waals surface area contributed by atoms with Crippen molar-refractivity contribution in [3.63, 3.8) is 0 Å². The van der Waals surface area contributed by atoms with E-state index >= 15 is 0 Å².